The third-order valence-corrected chi connectivity index (χ3v) is 0.969. The Hall–Kier alpha value is -0.150. The Labute approximate surface area is 45.3 Å². The minimum atomic E-state index is -0.906. The Bertz CT molecular complexity index is 87.7. The van der Waals surface area contributed by atoms with Crippen LogP contribution in [-0.4, -0.2) is 22.2 Å². The van der Waals surface area contributed by atoms with Gasteiger partial charge in [-0.25, -0.2) is 0 Å². The molecule has 1 N–H and O–H groups in total. The molecule has 3 heteroatoms. The molecule has 0 fully saturated rings. The second-order valence-electron chi connectivity index (χ2n) is 1.05. The van der Waals surface area contributed by atoms with Gasteiger partial charge in [-0.05, 0) is 0 Å². The summed E-state index contributed by atoms with van der Waals surface area (Å²) in [5.74, 6) is 0. The summed E-state index contributed by atoms with van der Waals surface area (Å²) in [6.07, 6.45) is 3.00. The maximum absolute atomic E-state index is 10.1. The highest BCUT2D eigenvalue weighted by Crippen LogP contribution is 1.74. The van der Waals surface area contributed by atoms with E-state index in [-0.39, 0.29) is 6.61 Å². The predicted octanol–water partition coefficient (Wildman–Crippen LogP) is -0.129. The van der Waals surface area contributed by atoms with Crippen LogP contribution >= 0.6 is 0 Å². The van der Waals surface area contributed by atoms with Crippen LogP contribution in [0.2, 0.25) is 0 Å². The number of hydrogen-bond acceptors (Lipinski definition) is 2. The summed E-state index contributed by atoms with van der Waals surface area (Å²) in [5, 5.41) is 9.54. The van der Waals surface area contributed by atoms with Crippen LogP contribution in [0.1, 0.15) is 0 Å². The van der Waals surface area contributed by atoms with E-state index in [1.165, 1.54) is 11.5 Å². The quantitative estimate of drug-likeness (QED) is 0.551. The zero-order valence-electron chi connectivity index (χ0n) is 4.13. The first kappa shape index (κ1) is 6.85. The molecule has 2 nitrogen and oxygen atoms in total. The van der Waals surface area contributed by atoms with E-state index in [4.69, 9.17) is 5.11 Å². The van der Waals surface area contributed by atoms with Gasteiger partial charge in [0, 0.05) is 22.5 Å². The van der Waals surface area contributed by atoms with Crippen molar-refractivity contribution < 1.29 is 9.32 Å². The van der Waals surface area contributed by atoms with Gasteiger partial charge >= 0.3 is 0 Å². The lowest BCUT2D eigenvalue weighted by molar-refractivity contribution is 0.343. The smallest absolute Gasteiger partial charge is 0.0621 e. The first-order chi connectivity index (χ1) is 3.27. The molecule has 0 rings (SSSR count). The fourth-order valence-corrected chi connectivity index (χ4v) is 0.536. The van der Waals surface area contributed by atoms with Crippen molar-refractivity contribution in [1.82, 2.24) is 0 Å². The molecule has 0 aromatic rings. The van der Waals surface area contributed by atoms with E-state index in [0.29, 0.717) is 0 Å². The minimum absolute atomic E-state index is 0.0282. The summed E-state index contributed by atoms with van der Waals surface area (Å²) >= 11 is 0. The fraction of sp³-hybridized carbons (Fsp3) is 0.500. The van der Waals surface area contributed by atoms with Crippen LogP contribution in [-0.2, 0) is 10.8 Å². The van der Waals surface area contributed by atoms with Crippen LogP contribution in [0.4, 0.5) is 0 Å². The Kier molecular flexibility index (Phi) is 3.93. The van der Waals surface area contributed by atoms with Gasteiger partial charge in [0.15, 0.2) is 0 Å². The van der Waals surface area contributed by atoms with Crippen molar-refractivity contribution in [2.75, 3.05) is 12.9 Å². The molecule has 7 heavy (non-hydrogen) atoms. The third kappa shape index (κ3) is 5.85. The van der Waals surface area contributed by atoms with E-state index in [1.54, 1.807) is 6.26 Å². The van der Waals surface area contributed by atoms with E-state index in [1.807, 2.05) is 0 Å². The lowest BCUT2D eigenvalue weighted by atomic mass is 10.7. The van der Waals surface area contributed by atoms with Crippen molar-refractivity contribution in [3.8, 4) is 0 Å². The highest BCUT2D eigenvalue weighted by atomic mass is 32.2. The van der Waals surface area contributed by atoms with Gasteiger partial charge in [0.1, 0.15) is 0 Å². The van der Waals surface area contributed by atoms with Crippen LogP contribution in [0.3, 0.4) is 0 Å². The molecular weight excluding hydrogens is 112 g/mol. The second-order valence-corrected chi connectivity index (χ2v) is 2.32. The summed E-state index contributed by atoms with van der Waals surface area (Å²) in [6.45, 7) is -0.0282. The standard InChI is InChI=1S/C4H8O2S/c1-7(6)4-2-3-5/h2,4-5H,3H2,1H3. The number of rotatable bonds is 2. The Morgan fingerprint density at radius 3 is 2.57 bits per heavy atom. The topological polar surface area (TPSA) is 37.3 Å². The summed E-state index contributed by atoms with van der Waals surface area (Å²) in [5.41, 5.74) is 0. The molecule has 0 saturated heterocycles. The average Bonchev–Trinajstić information content (AvgIpc) is 1.61. The van der Waals surface area contributed by atoms with E-state index in [0.717, 1.165) is 0 Å². The summed E-state index contributed by atoms with van der Waals surface area (Å²) in [7, 11) is -0.906. The van der Waals surface area contributed by atoms with Gasteiger partial charge in [0.05, 0.1) is 6.61 Å². The van der Waals surface area contributed by atoms with Crippen LogP contribution in [0, 0.1) is 0 Å². The zero-order chi connectivity index (χ0) is 5.70. The maximum atomic E-state index is 10.1. The molecule has 0 bridgehead atoms. The van der Waals surface area contributed by atoms with Gasteiger partial charge in [-0.15, -0.1) is 0 Å². The van der Waals surface area contributed by atoms with Crippen LogP contribution < -0.4 is 0 Å². The Morgan fingerprint density at radius 2 is 2.43 bits per heavy atom. The lowest BCUT2D eigenvalue weighted by Gasteiger charge is -1.75. The molecule has 0 aromatic heterocycles. The first-order valence-electron chi connectivity index (χ1n) is 1.87. The largest absolute Gasteiger partial charge is 0.392 e. The van der Waals surface area contributed by atoms with Crippen molar-refractivity contribution in [3.63, 3.8) is 0 Å². The molecule has 0 saturated carbocycles. The second kappa shape index (κ2) is 4.02. The van der Waals surface area contributed by atoms with E-state index >= 15 is 0 Å². The zero-order valence-corrected chi connectivity index (χ0v) is 4.94. The van der Waals surface area contributed by atoms with Crippen molar-refractivity contribution in [2.24, 2.45) is 0 Å². The van der Waals surface area contributed by atoms with E-state index in [2.05, 4.69) is 0 Å². The third-order valence-electron chi connectivity index (χ3n) is 0.393. The molecule has 0 amide bonds. The average molecular weight is 120 g/mol. The molecule has 0 aliphatic rings. The normalized spacial score (nSPS) is 15.1. The van der Waals surface area contributed by atoms with Gasteiger partial charge < -0.3 is 5.11 Å². The van der Waals surface area contributed by atoms with Gasteiger partial charge in [-0.3, -0.25) is 4.21 Å². The molecule has 0 aromatic carbocycles. The van der Waals surface area contributed by atoms with Crippen molar-refractivity contribution in [2.45, 2.75) is 0 Å². The number of aliphatic hydroxyl groups is 1. The highest BCUT2D eigenvalue weighted by Gasteiger charge is 1.73. The Balaban J connectivity index is 3.26. The van der Waals surface area contributed by atoms with Gasteiger partial charge in [-0.1, -0.05) is 6.08 Å². The fourth-order valence-electron chi connectivity index (χ4n) is 0.179. The molecule has 0 radical (unpaired) electrons. The number of hydrogen-bond donors (Lipinski definition) is 1. The molecule has 1 unspecified atom stereocenters. The van der Waals surface area contributed by atoms with Crippen molar-refractivity contribution in [1.29, 1.82) is 0 Å². The predicted molar refractivity (Wildman–Crippen MR) is 30.3 cm³/mol. The summed E-state index contributed by atoms with van der Waals surface area (Å²) in [6, 6.07) is 0. The van der Waals surface area contributed by atoms with Gasteiger partial charge in [0.2, 0.25) is 0 Å². The van der Waals surface area contributed by atoms with Crippen molar-refractivity contribution in [3.05, 3.63) is 11.5 Å². The highest BCUT2D eigenvalue weighted by molar-refractivity contribution is 7.87. The molecule has 0 spiro atoms. The Morgan fingerprint density at radius 1 is 1.86 bits per heavy atom. The first-order valence-corrected chi connectivity index (χ1v) is 3.49. The van der Waals surface area contributed by atoms with Gasteiger partial charge in [-0.2, -0.15) is 0 Å². The summed E-state index contributed by atoms with van der Waals surface area (Å²) in [4.78, 5) is 0. The lowest BCUT2D eigenvalue weighted by Crippen LogP contribution is -1.77. The minimum Gasteiger partial charge on any atom is -0.392 e. The van der Waals surface area contributed by atoms with Crippen LogP contribution in [0.15, 0.2) is 11.5 Å². The molecule has 1 atom stereocenters. The van der Waals surface area contributed by atoms with Gasteiger partial charge in [0.25, 0.3) is 0 Å². The molecule has 0 heterocycles. The van der Waals surface area contributed by atoms with Crippen LogP contribution in [0.25, 0.3) is 0 Å². The number of aliphatic hydroxyl groups excluding tert-OH is 1. The van der Waals surface area contributed by atoms with Crippen molar-refractivity contribution >= 4 is 10.8 Å². The van der Waals surface area contributed by atoms with E-state index < -0.39 is 10.8 Å². The molecule has 0 aliphatic carbocycles. The maximum Gasteiger partial charge on any atom is 0.0621 e. The van der Waals surface area contributed by atoms with E-state index in [9.17, 15) is 4.21 Å². The SMILES string of the molecule is CS(=O)C=CCO. The molecular formula is C4H8O2S. The summed E-state index contributed by atoms with van der Waals surface area (Å²) < 4.78 is 10.1. The molecule has 42 valence electrons. The van der Waals surface area contributed by atoms with Crippen LogP contribution in [0.5, 0.6) is 0 Å². The monoisotopic (exact) mass is 120 g/mol. The molecule has 0 aliphatic heterocycles.